The fourth-order valence-corrected chi connectivity index (χ4v) is 6.10. The fraction of sp³-hybridized carbons (Fsp3) is 0.444. The molecule has 0 aliphatic carbocycles. The third-order valence-corrected chi connectivity index (χ3v) is 9.22. The normalized spacial score (nSPS) is 10.2. The number of aryl methyl sites for hydroxylation is 4. The Labute approximate surface area is 330 Å². The van der Waals surface area contributed by atoms with Crippen LogP contribution in [0.2, 0.25) is 0 Å². The van der Waals surface area contributed by atoms with Crippen LogP contribution >= 0.6 is 40.8 Å². The zero-order valence-electron chi connectivity index (χ0n) is 31.6. The van der Waals surface area contributed by atoms with Gasteiger partial charge in [-0.25, -0.2) is 0 Å². The van der Waals surface area contributed by atoms with Crippen molar-refractivity contribution in [1.82, 2.24) is 0 Å². The molecule has 0 atom stereocenters. The van der Waals surface area contributed by atoms with Gasteiger partial charge in [0.25, 0.3) is 0 Å². The van der Waals surface area contributed by atoms with Crippen molar-refractivity contribution in [2.24, 2.45) is 11.5 Å². The summed E-state index contributed by atoms with van der Waals surface area (Å²) in [7, 11) is 0. The Morgan fingerprint density at radius 2 is 0.745 bits per heavy atom. The first-order valence-electron chi connectivity index (χ1n) is 19.0. The number of hydrogen-bond acceptors (Lipinski definition) is 3. The van der Waals surface area contributed by atoms with Gasteiger partial charge in [-0.3, -0.25) is 0 Å². The van der Waals surface area contributed by atoms with E-state index in [0.717, 1.165) is 17.5 Å². The van der Waals surface area contributed by atoms with Gasteiger partial charge in [0.1, 0.15) is 0 Å². The van der Waals surface area contributed by atoms with Gasteiger partial charge in [0, 0.05) is 11.9 Å². The van der Waals surface area contributed by atoms with Crippen molar-refractivity contribution >= 4 is 45.9 Å². The number of alkyl halides is 1. The lowest BCUT2D eigenvalue weighted by Gasteiger charge is -2.06. The molecule has 3 nitrogen and oxygen atoms in total. The van der Waals surface area contributed by atoms with E-state index in [0.29, 0.717) is 0 Å². The Bertz CT molecular complexity index is 1180. The highest BCUT2D eigenvalue weighted by molar-refractivity contribution is 9.09. The van der Waals surface area contributed by atoms with Gasteiger partial charge in [-0.15, -0.1) is 0 Å². The Kier molecular flexibility index (Phi) is 28.1. The van der Waals surface area contributed by atoms with Crippen molar-refractivity contribution in [3.63, 3.8) is 0 Å². The first kappa shape index (κ1) is 46.4. The maximum Gasteiger partial charge on any atom is 0.160 e. The summed E-state index contributed by atoms with van der Waals surface area (Å²) < 4.78 is 0. The van der Waals surface area contributed by atoms with Gasteiger partial charge in [-0.2, -0.15) is 12.6 Å². The summed E-state index contributed by atoms with van der Waals surface area (Å²) in [5, 5.41) is 8.68. The number of thiocarbonyl (C=S) groups is 1. The number of unbranched alkanes of at least 4 members (excludes halogenated alkanes) is 6. The molecule has 0 bridgehead atoms. The van der Waals surface area contributed by atoms with Gasteiger partial charge in [0.2, 0.25) is 0 Å². The number of rotatable bonds is 18. The lowest BCUT2D eigenvalue weighted by atomic mass is 9.99. The molecule has 0 radical (unpaired) electrons. The first-order valence-corrected chi connectivity index (χ1v) is 21.2. The van der Waals surface area contributed by atoms with Crippen molar-refractivity contribution in [1.29, 1.82) is 0 Å². The van der Waals surface area contributed by atoms with E-state index in [1.165, 1.54) is 128 Å². The first-order chi connectivity index (χ1) is 24.8. The number of aliphatic hydroxyl groups excluding tert-OH is 1. The monoisotopic (exact) mass is 792 g/mol. The highest BCUT2D eigenvalue weighted by atomic mass is 79.9. The van der Waals surface area contributed by atoms with Crippen LogP contribution in [0.4, 0.5) is 0 Å². The average Bonchev–Trinajstić information content (AvgIpc) is 3.14. The highest BCUT2D eigenvalue weighted by Crippen LogP contribution is 2.23. The lowest BCUT2D eigenvalue weighted by molar-refractivity contribution is 0.318. The molecule has 0 fully saturated rings. The molecule has 4 aromatic carbocycles. The summed E-state index contributed by atoms with van der Waals surface area (Å²) >= 11 is 11.8. The average molecular weight is 794 g/mol. The van der Waals surface area contributed by atoms with Crippen LogP contribution in [-0.4, -0.2) is 27.9 Å². The van der Waals surface area contributed by atoms with Gasteiger partial charge in [0.05, 0.1) is 0 Å². The second kappa shape index (κ2) is 30.9. The minimum absolute atomic E-state index is 0.000000000000000222. The van der Waals surface area contributed by atoms with Gasteiger partial charge in [-0.05, 0) is 134 Å². The van der Waals surface area contributed by atoms with Crippen molar-refractivity contribution in [2.45, 2.75) is 111 Å². The summed E-state index contributed by atoms with van der Waals surface area (Å²) in [5.74, 6) is 0.989. The van der Waals surface area contributed by atoms with Gasteiger partial charge < -0.3 is 16.6 Å². The standard InChI is InChI=1S/C21H27Br.C21H28S.C2H6O.CH4N2S/c2*1-2-3-4-7-18-9-13-20(14-10-18)21-15-11-19(12-16-21)8-5-6-17-22;1-2-3;2-1(3)4/h9-16H,2-8,17H2,1H3;9-16,22H,2-8,17H2,1H3;3H,2H2,1H3;(H4,2,3,4). The summed E-state index contributed by atoms with van der Waals surface area (Å²) in [4.78, 5) is 0. The third kappa shape index (κ3) is 22.8. The van der Waals surface area contributed by atoms with E-state index in [2.05, 4.69) is 163 Å². The highest BCUT2D eigenvalue weighted by Gasteiger charge is 2.02. The topological polar surface area (TPSA) is 72.3 Å². The summed E-state index contributed by atoms with van der Waals surface area (Å²) in [6.07, 6.45) is 17.6. The van der Waals surface area contributed by atoms with E-state index in [1.807, 2.05) is 0 Å². The number of hydrogen-bond donors (Lipinski definition) is 4. The summed E-state index contributed by atoms with van der Waals surface area (Å²) in [6, 6.07) is 36.3. The second-order valence-electron chi connectivity index (χ2n) is 12.7. The number of halogens is 1. The number of aliphatic hydroxyl groups is 1. The molecule has 0 heterocycles. The molecule has 0 saturated heterocycles. The Morgan fingerprint density at radius 1 is 0.510 bits per heavy atom. The van der Waals surface area contributed by atoms with Crippen LogP contribution in [0.5, 0.6) is 0 Å². The van der Waals surface area contributed by atoms with E-state index >= 15 is 0 Å². The van der Waals surface area contributed by atoms with Gasteiger partial charge in [-0.1, -0.05) is 153 Å². The van der Waals surface area contributed by atoms with E-state index in [-0.39, 0.29) is 11.7 Å². The molecular weight excluding hydrogens is 729 g/mol. The van der Waals surface area contributed by atoms with E-state index in [9.17, 15) is 0 Å². The van der Waals surface area contributed by atoms with Crippen LogP contribution in [0.15, 0.2) is 97.1 Å². The second-order valence-corrected chi connectivity index (χ2v) is 14.5. The molecule has 5 N–H and O–H groups in total. The van der Waals surface area contributed by atoms with E-state index < -0.39 is 0 Å². The predicted octanol–water partition coefficient (Wildman–Crippen LogP) is 12.3. The zero-order valence-corrected chi connectivity index (χ0v) is 34.9. The molecule has 51 heavy (non-hydrogen) atoms. The molecule has 4 aromatic rings. The van der Waals surface area contributed by atoms with E-state index in [4.69, 9.17) is 5.11 Å². The molecule has 6 heteroatoms. The molecule has 0 saturated carbocycles. The van der Waals surface area contributed by atoms with Crippen molar-refractivity contribution in [3.05, 3.63) is 119 Å². The Balaban J connectivity index is 0.000000431. The Morgan fingerprint density at radius 3 is 0.961 bits per heavy atom. The number of benzene rings is 4. The van der Waals surface area contributed by atoms with Crippen LogP contribution < -0.4 is 11.5 Å². The number of nitrogens with two attached hydrogens (primary N) is 2. The summed E-state index contributed by atoms with van der Waals surface area (Å²) in [6.45, 7) is 6.44. The van der Waals surface area contributed by atoms with Crippen molar-refractivity contribution in [2.75, 3.05) is 17.7 Å². The minimum atomic E-state index is 0.000000000000000222. The van der Waals surface area contributed by atoms with Crippen LogP contribution in [0.1, 0.15) is 107 Å². The van der Waals surface area contributed by atoms with Crippen LogP contribution in [0.25, 0.3) is 22.3 Å². The number of thiol groups is 1. The van der Waals surface area contributed by atoms with Crippen LogP contribution in [-0.2, 0) is 25.7 Å². The molecule has 0 aromatic heterocycles. The largest absolute Gasteiger partial charge is 0.397 e. The smallest absolute Gasteiger partial charge is 0.160 e. The summed E-state index contributed by atoms with van der Waals surface area (Å²) in [5.41, 5.74) is 20.3. The maximum atomic E-state index is 7.57. The predicted molar refractivity (Wildman–Crippen MR) is 237 cm³/mol. The molecule has 4 rings (SSSR count). The van der Waals surface area contributed by atoms with Crippen molar-refractivity contribution < 1.29 is 5.11 Å². The molecular formula is C45H65BrN2OS2. The quantitative estimate of drug-likeness (QED) is 0.0350. The van der Waals surface area contributed by atoms with Crippen molar-refractivity contribution in [3.8, 4) is 22.3 Å². The molecule has 0 aliphatic heterocycles. The SMILES string of the molecule is CCCCCc1ccc(-c2ccc(CCCCBr)cc2)cc1.CCCCCc1ccc(-c2ccc(CCCCS)cc2)cc1.CCO.NC(N)=S. The molecule has 0 spiro atoms. The van der Waals surface area contributed by atoms with Crippen LogP contribution in [0.3, 0.4) is 0 Å². The molecule has 280 valence electrons. The third-order valence-electron chi connectivity index (χ3n) is 8.34. The Hall–Kier alpha value is -2.64. The zero-order chi connectivity index (χ0) is 37.5. The van der Waals surface area contributed by atoms with Crippen LogP contribution in [0, 0.1) is 0 Å². The molecule has 0 unspecified atom stereocenters. The van der Waals surface area contributed by atoms with Gasteiger partial charge in [0.15, 0.2) is 5.11 Å². The van der Waals surface area contributed by atoms with Gasteiger partial charge >= 0.3 is 0 Å². The lowest BCUT2D eigenvalue weighted by Crippen LogP contribution is -2.18. The minimum Gasteiger partial charge on any atom is -0.397 e. The molecule has 0 aliphatic rings. The fourth-order valence-electron chi connectivity index (χ4n) is 5.48. The van der Waals surface area contributed by atoms with E-state index in [1.54, 1.807) is 6.92 Å². The molecule has 0 amide bonds. The maximum absolute atomic E-state index is 7.57.